The molecule has 0 aliphatic heterocycles. The molecule has 1 aliphatic rings. The SMILES string of the molecule is Cc1ccc(NC(=O)C(NC2CCCc3ccccc32)c2ccccc2)cc1. The van der Waals surface area contributed by atoms with Crippen molar-refractivity contribution in [1.82, 2.24) is 5.32 Å². The first-order valence-corrected chi connectivity index (χ1v) is 9.97. The number of hydrogen-bond donors (Lipinski definition) is 2. The van der Waals surface area contributed by atoms with E-state index in [1.54, 1.807) is 0 Å². The topological polar surface area (TPSA) is 41.1 Å². The lowest BCUT2D eigenvalue weighted by Gasteiger charge is -2.30. The lowest BCUT2D eigenvalue weighted by molar-refractivity contribution is -0.118. The number of hydrogen-bond acceptors (Lipinski definition) is 2. The van der Waals surface area contributed by atoms with Crippen LogP contribution >= 0.6 is 0 Å². The zero-order valence-electron chi connectivity index (χ0n) is 16.2. The summed E-state index contributed by atoms with van der Waals surface area (Å²) in [4.78, 5) is 13.2. The first-order valence-electron chi connectivity index (χ1n) is 9.97. The number of amides is 1. The van der Waals surface area contributed by atoms with E-state index in [1.165, 1.54) is 16.7 Å². The number of rotatable bonds is 5. The Bertz CT molecular complexity index is 934. The van der Waals surface area contributed by atoms with Crippen molar-refractivity contribution in [2.45, 2.75) is 38.3 Å². The maximum atomic E-state index is 13.2. The molecule has 0 saturated carbocycles. The summed E-state index contributed by atoms with van der Waals surface area (Å²) in [7, 11) is 0. The lowest BCUT2D eigenvalue weighted by atomic mass is 9.87. The van der Waals surface area contributed by atoms with Gasteiger partial charge in [-0.05, 0) is 55.0 Å². The number of carbonyl (C=O) groups is 1. The molecule has 0 spiro atoms. The van der Waals surface area contributed by atoms with Gasteiger partial charge >= 0.3 is 0 Å². The Labute approximate surface area is 166 Å². The Hall–Kier alpha value is -2.91. The third-order valence-electron chi connectivity index (χ3n) is 5.45. The van der Waals surface area contributed by atoms with E-state index in [-0.39, 0.29) is 11.9 Å². The molecule has 0 heterocycles. The van der Waals surface area contributed by atoms with Crippen LogP contribution in [0.2, 0.25) is 0 Å². The van der Waals surface area contributed by atoms with Gasteiger partial charge in [0, 0.05) is 11.7 Å². The second-order valence-electron chi connectivity index (χ2n) is 7.51. The van der Waals surface area contributed by atoms with E-state index < -0.39 is 6.04 Å². The molecule has 0 bridgehead atoms. The fourth-order valence-corrected chi connectivity index (χ4v) is 3.95. The number of aryl methyl sites for hydroxylation is 2. The smallest absolute Gasteiger partial charge is 0.246 e. The lowest BCUT2D eigenvalue weighted by Crippen LogP contribution is -2.36. The second kappa shape index (κ2) is 8.41. The van der Waals surface area contributed by atoms with Gasteiger partial charge in [0.25, 0.3) is 0 Å². The van der Waals surface area contributed by atoms with E-state index in [1.807, 2.05) is 61.5 Å². The van der Waals surface area contributed by atoms with Crippen LogP contribution in [0.3, 0.4) is 0 Å². The standard InChI is InChI=1S/C25H26N2O/c1-18-14-16-21(17-15-18)26-25(28)24(20-9-3-2-4-10-20)27-23-13-7-11-19-8-5-6-12-22(19)23/h2-6,8-10,12,14-17,23-24,27H,7,11,13H2,1H3,(H,26,28). The average molecular weight is 370 g/mol. The van der Waals surface area contributed by atoms with Crippen molar-refractivity contribution in [3.63, 3.8) is 0 Å². The van der Waals surface area contributed by atoms with E-state index in [0.29, 0.717) is 0 Å². The van der Waals surface area contributed by atoms with Gasteiger partial charge in [0.1, 0.15) is 6.04 Å². The number of benzene rings is 3. The minimum Gasteiger partial charge on any atom is -0.324 e. The zero-order valence-corrected chi connectivity index (χ0v) is 16.2. The van der Waals surface area contributed by atoms with Gasteiger partial charge in [-0.25, -0.2) is 0 Å². The minimum atomic E-state index is -0.404. The van der Waals surface area contributed by atoms with Gasteiger partial charge in [-0.1, -0.05) is 72.3 Å². The van der Waals surface area contributed by atoms with E-state index in [4.69, 9.17) is 0 Å². The largest absolute Gasteiger partial charge is 0.324 e. The maximum absolute atomic E-state index is 13.2. The molecule has 28 heavy (non-hydrogen) atoms. The summed E-state index contributed by atoms with van der Waals surface area (Å²) in [5, 5.41) is 6.73. The van der Waals surface area contributed by atoms with Gasteiger partial charge in [-0.3, -0.25) is 10.1 Å². The summed E-state index contributed by atoms with van der Waals surface area (Å²) in [5.41, 5.74) is 5.68. The monoisotopic (exact) mass is 370 g/mol. The molecule has 142 valence electrons. The average Bonchev–Trinajstić information content (AvgIpc) is 2.74. The van der Waals surface area contributed by atoms with Crippen LogP contribution in [0, 0.1) is 6.92 Å². The van der Waals surface area contributed by atoms with Crippen LogP contribution in [0.5, 0.6) is 0 Å². The Morgan fingerprint density at radius 2 is 1.64 bits per heavy atom. The highest BCUT2D eigenvalue weighted by molar-refractivity contribution is 5.95. The fourth-order valence-electron chi connectivity index (χ4n) is 3.95. The van der Waals surface area contributed by atoms with E-state index in [0.717, 1.165) is 30.5 Å². The number of anilines is 1. The summed E-state index contributed by atoms with van der Waals surface area (Å²) in [5.74, 6) is -0.0295. The molecular weight excluding hydrogens is 344 g/mol. The van der Waals surface area contributed by atoms with Crippen molar-refractivity contribution in [2.24, 2.45) is 0 Å². The Morgan fingerprint density at radius 3 is 2.43 bits per heavy atom. The van der Waals surface area contributed by atoms with E-state index in [2.05, 4.69) is 34.9 Å². The highest BCUT2D eigenvalue weighted by Gasteiger charge is 2.27. The molecule has 3 aromatic carbocycles. The summed E-state index contributed by atoms with van der Waals surface area (Å²) < 4.78 is 0. The number of fused-ring (bicyclic) bond motifs is 1. The molecule has 0 radical (unpaired) electrons. The second-order valence-corrected chi connectivity index (χ2v) is 7.51. The van der Waals surface area contributed by atoms with Crippen LogP contribution in [0.1, 0.15) is 47.2 Å². The Kier molecular flexibility index (Phi) is 5.54. The normalized spacial score (nSPS) is 16.8. The molecule has 1 amide bonds. The van der Waals surface area contributed by atoms with Crippen molar-refractivity contribution in [3.05, 3.63) is 101 Å². The molecule has 0 aromatic heterocycles. The third-order valence-corrected chi connectivity index (χ3v) is 5.45. The van der Waals surface area contributed by atoms with Crippen molar-refractivity contribution in [1.29, 1.82) is 0 Å². The number of nitrogens with one attached hydrogen (secondary N) is 2. The minimum absolute atomic E-state index is 0.0295. The van der Waals surface area contributed by atoms with Gasteiger partial charge in [0.15, 0.2) is 0 Å². The molecule has 1 aliphatic carbocycles. The molecule has 3 nitrogen and oxygen atoms in total. The van der Waals surface area contributed by atoms with Gasteiger partial charge in [0.05, 0.1) is 0 Å². The van der Waals surface area contributed by atoms with Crippen LogP contribution in [0.15, 0.2) is 78.9 Å². The molecule has 0 saturated heterocycles. The predicted molar refractivity (Wildman–Crippen MR) is 114 cm³/mol. The van der Waals surface area contributed by atoms with Crippen molar-refractivity contribution >= 4 is 11.6 Å². The predicted octanol–water partition coefficient (Wildman–Crippen LogP) is 5.34. The van der Waals surface area contributed by atoms with Crippen LogP contribution < -0.4 is 10.6 Å². The van der Waals surface area contributed by atoms with Crippen molar-refractivity contribution in [3.8, 4) is 0 Å². The molecule has 3 heteroatoms. The van der Waals surface area contributed by atoms with Crippen molar-refractivity contribution < 1.29 is 4.79 Å². The van der Waals surface area contributed by atoms with Crippen LogP contribution in [-0.2, 0) is 11.2 Å². The third kappa shape index (κ3) is 4.15. The first-order chi connectivity index (χ1) is 13.7. The van der Waals surface area contributed by atoms with E-state index >= 15 is 0 Å². The molecule has 2 atom stereocenters. The van der Waals surface area contributed by atoms with E-state index in [9.17, 15) is 4.79 Å². The van der Waals surface area contributed by atoms with Crippen LogP contribution in [-0.4, -0.2) is 5.91 Å². The van der Waals surface area contributed by atoms with Crippen LogP contribution in [0.25, 0.3) is 0 Å². The van der Waals surface area contributed by atoms with Gasteiger partial charge in [-0.2, -0.15) is 0 Å². The van der Waals surface area contributed by atoms with Gasteiger partial charge < -0.3 is 5.32 Å². The zero-order chi connectivity index (χ0) is 19.3. The summed E-state index contributed by atoms with van der Waals surface area (Å²) in [6, 6.07) is 26.2. The molecular formula is C25H26N2O. The Balaban J connectivity index is 1.60. The molecule has 4 rings (SSSR count). The quantitative estimate of drug-likeness (QED) is 0.636. The molecule has 3 aromatic rings. The van der Waals surface area contributed by atoms with Crippen molar-refractivity contribution in [2.75, 3.05) is 5.32 Å². The molecule has 2 unspecified atom stereocenters. The van der Waals surface area contributed by atoms with Gasteiger partial charge in [-0.15, -0.1) is 0 Å². The Morgan fingerprint density at radius 1 is 0.929 bits per heavy atom. The highest BCUT2D eigenvalue weighted by atomic mass is 16.2. The van der Waals surface area contributed by atoms with Gasteiger partial charge in [0.2, 0.25) is 5.91 Å². The highest BCUT2D eigenvalue weighted by Crippen LogP contribution is 2.32. The summed E-state index contributed by atoms with van der Waals surface area (Å²) in [6.45, 7) is 2.04. The maximum Gasteiger partial charge on any atom is 0.246 e. The summed E-state index contributed by atoms with van der Waals surface area (Å²) in [6.07, 6.45) is 3.29. The number of carbonyl (C=O) groups excluding carboxylic acids is 1. The molecule has 2 N–H and O–H groups in total. The van der Waals surface area contributed by atoms with Crippen LogP contribution in [0.4, 0.5) is 5.69 Å². The summed E-state index contributed by atoms with van der Waals surface area (Å²) >= 11 is 0. The fraction of sp³-hybridized carbons (Fsp3) is 0.240. The first kappa shape index (κ1) is 18.5. The molecule has 0 fully saturated rings.